The molecule has 9 heteroatoms. The Bertz CT molecular complexity index is 527. The molecule has 1 aromatic rings. The second kappa shape index (κ2) is 9.35. The van der Waals surface area contributed by atoms with E-state index < -0.39 is 18.6 Å². The van der Waals surface area contributed by atoms with Gasteiger partial charge in [0.15, 0.2) is 0 Å². The van der Waals surface area contributed by atoms with Crippen LogP contribution >= 0.6 is 12.4 Å². The standard InChI is InChI=1S/C16H23F3N2O3.ClH/c1-23-13-9-11(22)10-14(24-2)15(13)12(3-4-16(17,18)19)21-7-5-20-6-8-21;/h9-10,12,20,22H,3-8H2,1-2H3;1H/t12-;/m0./s1. The summed E-state index contributed by atoms with van der Waals surface area (Å²) < 4.78 is 49.0. The highest BCUT2D eigenvalue weighted by Gasteiger charge is 2.34. The van der Waals surface area contributed by atoms with Crippen LogP contribution in [0.1, 0.15) is 24.4 Å². The summed E-state index contributed by atoms with van der Waals surface area (Å²) in [5.74, 6) is 0.609. The number of alkyl halides is 3. The molecule has 1 aliphatic heterocycles. The van der Waals surface area contributed by atoms with Crippen molar-refractivity contribution in [2.75, 3.05) is 40.4 Å². The minimum Gasteiger partial charge on any atom is -0.508 e. The summed E-state index contributed by atoms with van der Waals surface area (Å²) in [6, 6.07) is 2.31. The maximum absolute atomic E-state index is 12.8. The van der Waals surface area contributed by atoms with Crippen molar-refractivity contribution >= 4 is 12.4 Å². The van der Waals surface area contributed by atoms with Crippen molar-refractivity contribution in [3.05, 3.63) is 17.7 Å². The van der Waals surface area contributed by atoms with Gasteiger partial charge in [0.1, 0.15) is 17.2 Å². The molecule has 0 bridgehead atoms. The molecule has 0 unspecified atom stereocenters. The Hall–Kier alpha value is -1.38. The summed E-state index contributed by atoms with van der Waals surface area (Å²) in [5, 5.41) is 13.0. The summed E-state index contributed by atoms with van der Waals surface area (Å²) in [4.78, 5) is 2.00. The molecule has 144 valence electrons. The summed E-state index contributed by atoms with van der Waals surface area (Å²) in [5.41, 5.74) is 0.545. The van der Waals surface area contributed by atoms with Crippen LogP contribution in [0, 0.1) is 0 Å². The van der Waals surface area contributed by atoms with Gasteiger partial charge in [-0.2, -0.15) is 13.2 Å². The van der Waals surface area contributed by atoms with E-state index >= 15 is 0 Å². The molecule has 0 saturated carbocycles. The molecular formula is C16H24ClF3N2O3. The Morgan fingerprint density at radius 3 is 2.12 bits per heavy atom. The second-order valence-electron chi connectivity index (χ2n) is 5.72. The molecule has 25 heavy (non-hydrogen) atoms. The van der Waals surface area contributed by atoms with Crippen LogP contribution in [-0.4, -0.2) is 56.6 Å². The summed E-state index contributed by atoms with van der Waals surface area (Å²) >= 11 is 0. The van der Waals surface area contributed by atoms with Gasteiger partial charge in [0.05, 0.1) is 19.8 Å². The van der Waals surface area contributed by atoms with Crippen LogP contribution in [0.3, 0.4) is 0 Å². The summed E-state index contributed by atoms with van der Waals surface area (Å²) in [6.07, 6.45) is -5.22. The fourth-order valence-corrected chi connectivity index (χ4v) is 3.06. The minimum absolute atomic E-state index is 0. The Balaban J connectivity index is 0.00000312. The van der Waals surface area contributed by atoms with E-state index in [-0.39, 0.29) is 24.6 Å². The molecule has 0 amide bonds. The highest BCUT2D eigenvalue weighted by molar-refractivity contribution is 5.85. The van der Waals surface area contributed by atoms with Crippen LogP contribution in [0.25, 0.3) is 0 Å². The van der Waals surface area contributed by atoms with Gasteiger partial charge >= 0.3 is 6.18 Å². The molecule has 1 aromatic carbocycles. The van der Waals surface area contributed by atoms with Gasteiger partial charge in [-0.3, -0.25) is 4.90 Å². The fraction of sp³-hybridized carbons (Fsp3) is 0.625. The van der Waals surface area contributed by atoms with Crippen LogP contribution in [0.4, 0.5) is 13.2 Å². The van der Waals surface area contributed by atoms with E-state index in [0.29, 0.717) is 43.2 Å². The lowest BCUT2D eigenvalue weighted by Gasteiger charge is -2.36. The molecule has 2 rings (SSSR count). The lowest BCUT2D eigenvalue weighted by atomic mass is 9.97. The van der Waals surface area contributed by atoms with E-state index in [1.807, 2.05) is 4.90 Å². The number of nitrogens with zero attached hydrogens (tertiary/aromatic N) is 1. The average molecular weight is 385 g/mol. The molecule has 1 atom stereocenters. The van der Waals surface area contributed by atoms with E-state index in [4.69, 9.17) is 9.47 Å². The van der Waals surface area contributed by atoms with Crippen molar-refractivity contribution in [3.8, 4) is 17.2 Å². The molecule has 1 fully saturated rings. The average Bonchev–Trinajstić information content (AvgIpc) is 2.55. The molecule has 2 N–H and O–H groups in total. The third kappa shape index (κ3) is 5.83. The number of ether oxygens (including phenoxy) is 2. The topological polar surface area (TPSA) is 54.0 Å². The number of benzene rings is 1. The van der Waals surface area contributed by atoms with Crippen LogP contribution in [0.2, 0.25) is 0 Å². The largest absolute Gasteiger partial charge is 0.508 e. The lowest BCUT2D eigenvalue weighted by molar-refractivity contribution is -0.138. The number of piperazine rings is 1. The summed E-state index contributed by atoms with van der Waals surface area (Å²) in [6.45, 7) is 2.70. The SMILES string of the molecule is COc1cc(O)cc(OC)c1[C@H](CCC(F)(F)F)N1CCNCC1.Cl. The van der Waals surface area contributed by atoms with E-state index in [0.717, 1.165) is 0 Å². The zero-order valence-electron chi connectivity index (χ0n) is 14.2. The molecular weight excluding hydrogens is 361 g/mol. The molecule has 1 aliphatic rings. The van der Waals surface area contributed by atoms with Gasteiger partial charge in [0.25, 0.3) is 0 Å². The van der Waals surface area contributed by atoms with Gasteiger partial charge in [0, 0.05) is 50.8 Å². The minimum atomic E-state index is -4.23. The van der Waals surface area contributed by atoms with Crippen molar-refractivity contribution in [3.63, 3.8) is 0 Å². The van der Waals surface area contributed by atoms with E-state index in [1.165, 1.54) is 26.4 Å². The number of rotatable bonds is 6. The lowest BCUT2D eigenvalue weighted by Crippen LogP contribution is -2.45. The second-order valence-corrected chi connectivity index (χ2v) is 5.72. The van der Waals surface area contributed by atoms with Gasteiger partial charge < -0.3 is 19.9 Å². The maximum atomic E-state index is 12.8. The number of aromatic hydroxyl groups is 1. The highest BCUT2D eigenvalue weighted by atomic mass is 35.5. The number of methoxy groups -OCH3 is 2. The Morgan fingerprint density at radius 2 is 1.68 bits per heavy atom. The molecule has 0 aliphatic carbocycles. The van der Waals surface area contributed by atoms with Gasteiger partial charge in [-0.1, -0.05) is 0 Å². The first-order valence-corrected chi connectivity index (χ1v) is 7.82. The smallest absolute Gasteiger partial charge is 0.389 e. The van der Waals surface area contributed by atoms with Crippen LogP contribution in [0.15, 0.2) is 12.1 Å². The zero-order chi connectivity index (χ0) is 17.7. The van der Waals surface area contributed by atoms with Crippen molar-refractivity contribution in [2.45, 2.75) is 25.1 Å². The molecule has 1 saturated heterocycles. The monoisotopic (exact) mass is 384 g/mol. The molecule has 0 radical (unpaired) electrons. The van der Waals surface area contributed by atoms with Crippen LogP contribution in [0.5, 0.6) is 17.2 Å². The molecule has 0 spiro atoms. The molecule has 0 aromatic heterocycles. The van der Waals surface area contributed by atoms with Crippen LogP contribution in [-0.2, 0) is 0 Å². The third-order valence-electron chi connectivity index (χ3n) is 4.16. The number of halogens is 4. The number of phenolic OH excluding ortho intramolecular Hbond substituents is 1. The summed E-state index contributed by atoms with van der Waals surface area (Å²) in [7, 11) is 2.85. The van der Waals surface area contributed by atoms with E-state index in [1.54, 1.807) is 0 Å². The predicted molar refractivity (Wildman–Crippen MR) is 90.9 cm³/mol. The normalized spacial score (nSPS) is 16.8. The quantitative estimate of drug-likeness (QED) is 0.789. The van der Waals surface area contributed by atoms with Crippen molar-refractivity contribution in [1.29, 1.82) is 0 Å². The van der Waals surface area contributed by atoms with Gasteiger partial charge in [0.2, 0.25) is 0 Å². The van der Waals surface area contributed by atoms with Crippen molar-refractivity contribution < 1.29 is 27.8 Å². The van der Waals surface area contributed by atoms with Crippen molar-refractivity contribution in [2.24, 2.45) is 0 Å². The molecule has 5 nitrogen and oxygen atoms in total. The van der Waals surface area contributed by atoms with Crippen molar-refractivity contribution in [1.82, 2.24) is 10.2 Å². The first-order chi connectivity index (χ1) is 11.4. The Kier molecular flexibility index (Phi) is 8.11. The Morgan fingerprint density at radius 1 is 1.16 bits per heavy atom. The fourth-order valence-electron chi connectivity index (χ4n) is 3.06. The first kappa shape index (κ1) is 21.7. The zero-order valence-corrected chi connectivity index (χ0v) is 15.0. The van der Waals surface area contributed by atoms with E-state index in [9.17, 15) is 18.3 Å². The number of hydrogen-bond acceptors (Lipinski definition) is 5. The van der Waals surface area contributed by atoms with Gasteiger partial charge in [-0.05, 0) is 6.42 Å². The van der Waals surface area contributed by atoms with Gasteiger partial charge in [-0.25, -0.2) is 0 Å². The van der Waals surface area contributed by atoms with E-state index in [2.05, 4.69) is 5.32 Å². The Labute approximate surface area is 151 Å². The third-order valence-corrected chi connectivity index (χ3v) is 4.16. The maximum Gasteiger partial charge on any atom is 0.389 e. The number of nitrogens with one attached hydrogen (secondary N) is 1. The number of phenols is 1. The number of hydrogen-bond donors (Lipinski definition) is 2. The van der Waals surface area contributed by atoms with Gasteiger partial charge in [-0.15, -0.1) is 12.4 Å². The molecule has 1 heterocycles. The highest BCUT2D eigenvalue weighted by Crippen LogP contribution is 2.43. The predicted octanol–water partition coefficient (Wildman–Crippen LogP) is 3.12. The van der Waals surface area contributed by atoms with Crippen LogP contribution < -0.4 is 14.8 Å². The first-order valence-electron chi connectivity index (χ1n) is 7.82.